The molecule has 1 N–H and O–H groups in total. The van der Waals surface area contributed by atoms with E-state index < -0.39 is 11.9 Å². The number of hydrogen-bond acceptors (Lipinski definition) is 3. The second-order valence-corrected chi connectivity index (χ2v) is 5.92. The van der Waals surface area contributed by atoms with Gasteiger partial charge in [-0.3, -0.25) is 0 Å². The van der Waals surface area contributed by atoms with Gasteiger partial charge in [0.05, 0.1) is 18.7 Å². The zero-order valence-corrected chi connectivity index (χ0v) is 14.5. The molecule has 3 nitrogen and oxygen atoms in total. The molecule has 0 bridgehead atoms. The van der Waals surface area contributed by atoms with Crippen LogP contribution in [-0.2, 0) is 0 Å². The van der Waals surface area contributed by atoms with Gasteiger partial charge in [0.1, 0.15) is 11.9 Å². The lowest BCUT2D eigenvalue weighted by molar-refractivity contribution is 0.217. The van der Waals surface area contributed by atoms with Gasteiger partial charge in [-0.25, -0.2) is 4.39 Å². The van der Waals surface area contributed by atoms with Crippen molar-refractivity contribution in [3.63, 3.8) is 0 Å². The van der Waals surface area contributed by atoms with E-state index in [1.165, 1.54) is 20.3 Å². The molecule has 0 heterocycles. The summed E-state index contributed by atoms with van der Waals surface area (Å²) in [5, 5.41) is 10.5. The molecule has 1 unspecified atom stereocenters. The molecule has 6 heteroatoms. The molecule has 0 saturated heterocycles. The Balaban J connectivity index is 2.53. The number of aliphatic hydroxyl groups excluding tert-OH is 1. The first-order valence-electron chi connectivity index (χ1n) is 6.03. The van der Waals surface area contributed by atoms with Crippen LogP contribution in [0.1, 0.15) is 17.2 Å². The first kappa shape index (κ1) is 16.3. The maximum atomic E-state index is 13.6. The van der Waals surface area contributed by atoms with E-state index in [0.29, 0.717) is 27.1 Å². The highest BCUT2D eigenvalue weighted by atomic mass is 79.9. The van der Waals surface area contributed by atoms with Crippen LogP contribution in [0.2, 0.25) is 0 Å². The van der Waals surface area contributed by atoms with Crippen LogP contribution in [0.25, 0.3) is 0 Å². The van der Waals surface area contributed by atoms with Crippen molar-refractivity contribution in [3.8, 4) is 11.5 Å². The fourth-order valence-electron chi connectivity index (χ4n) is 1.98. The Labute approximate surface area is 139 Å². The topological polar surface area (TPSA) is 38.7 Å². The van der Waals surface area contributed by atoms with Gasteiger partial charge in [0, 0.05) is 15.6 Å². The van der Waals surface area contributed by atoms with Gasteiger partial charge in [0.25, 0.3) is 0 Å². The number of hydrogen-bond donors (Lipinski definition) is 1. The smallest absolute Gasteiger partial charge is 0.161 e. The van der Waals surface area contributed by atoms with E-state index in [1.807, 2.05) is 0 Å². The molecule has 0 radical (unpaired) electrons. The van der Waals surface area contributed by atoms with Crippen molar-refractivity contribution in [3.05, 3.63) is 56.2 Å². The normalized spacial score (nSPS) is 12.1. The fourth-order valence-corrected chi connectivity index (χ4v) is 3.00. The minimum absolute atomic E-state index is 0.235. The molecular weight excluding hydrogens is 407 g/mol. The highest BCUT2D eigenvalue weighted by Crippen LogP contribution is 2.39. The molecule has 2 aromatic rings. The standard InChI is InChI=1S/C15H13Br2FO3/c1-20-12-6-9(10(16)7-13(12)21-2)15(19)8-4-3-5-11(18)14(8)17/h3-7,15,19H,1-2H3. The second-order valence-electron chi connectivity index (χ2n) is 4.27. The quantitative estimate of drug-likeness (QED) is 0.795. The number of halogens is 3. The van der Waals surface area contributed by atoms with Crippen LogP contribution < -0.4 is 9.47 Å². The molecule has 0 saturated carbocycles. The summed E-state index contributed by atoms with van der Waals surface area (Å²) in [5.41, 5.74) is 0.988. The van der Waals surface area contributed by atoms with E-state index in [0.717, 1.165) is 0 Å². The van der Waals surface area contributed by atoms with Crippen LogP contribution in [0.3, 0.4) is 0 Å². The van der Waals surface area contributed by atoms with Gasteiger partial charge in [-0.15, -0.1) is 0 Å². The third-order valence-electron chi connectivity index (χ3n) is 3.07. The molecule has 0 aliphatic carbocycles. The first-order chi connectivity index (χ1) is 9.99. The van der Waals surface area contributed by atoms with Crippen molar-refractivity contribution >= 4 is 31.9 Å². The average molecular weight is 420 g/mol. The summed E-state index contributed by atoms with van der Waals surface area (Å²) in [6.07, 6.45) is -1.01. The van der Waals surface area contributed by atoms with Crippen molar-refractivity contribution in [2.24, 2.45) is 0 Å². The molecule has 1 atom stereocenters. The maximum absolute atomic E-state index is 13.6. The van der Waals surface area contributed by atoms with Crippen molar-refractivity contribution in [2.45, 2.75) is 6.10 Å². The molecule has 2 aromatic carbocycles. The molecular formula is C15H13Br2FO3. The summed E-state index contributed by atoms with van der Waals surface area (Å²) < 4.78 is 24.9. The summed E-state index contributed by atoms with van der Waals surface area (Å²) >= 11 is 6.55. The monoisotopic (exact) mass is 418 g/mol. The highest BCUT2D eigenvalue weighted by molar-refractivity contribution is 9.10. The number of rotatable bonds is 4. The van der Waals surface area contributed by atoms with Gasteiger partial charge >= 0.3 is 0 Å². The summed E-state index contributed by atoms with van der Waals surface area (Å²) in [6.45, 7) is 0. The van der Waals surface area contributed by atoms with Gasteiger partial charge in [-0.1, -0.05) is 28.1 Å². The molecule has 0 aliphatic heterocycles. The molecule has 0 aromatic heterocycles. The number of ether oxygens (including phenoxy) is 2. The highest BCUT2D eigenvalue weighted by Gasteiger charge is 2.20. The fraction of sp³-hybridized carbons (Fsp3) is 0.200. The van der Waals surface area contributed by atoms with Crippen molar-refractivity contribution < 1.29 is 19.0 Å². The van der Waals surface area contributed by atoms with E-state index in [9.17, 15) is 9.50 Å². The Kier molecular flexibility index (Phi) is 5.24. The van der Waals surface area contributed by atoms with Gasteiger partial charge < -0.3 is 14.6 Å². The third kappa shape index (κ3) is 3.22. The molecule has 112 valence electrons. The summed E-state index contributed by atoms with van der Waals surface area (Å²) in [7, 11) is 3.05. The van der Waals surface area contributed by atoms with Gasteiger partial charge in [-0.2, -0.15) is 0 Å². The number of methoxy groups -OCH3 is 2. The predicted molar refractivity (Wildman–Crippen MR) is 85.4 cm³/mol. The Morgan fingerprint density at radius 2 is 1.67 bits per heavy atom. The van der Waals surface area contributed by atoms with Gasteiger partial charge in [0.15, 0.2) is 11.5 Å². The molecule has 0 aliphatic rings. The average Bonchev–Trinajstić information content (AvgIpc) is 2.49. The van der Waals surface area contributed by atoms with Crippen LogP contribution in [0.15, 0.2) is 39.3 Å². The summed E-state index contributed by atoms with van der Waals surface area (Å²) in [5.74, 6) is 0.601. The lowest BCUT2D eigenvalue weighted by atomic mass is 10.0. The largest absolute Gasteiger partial charge is 0.493 e. The minimum atomic E-state index is -1.01. The minimum Gasteiger partial charge on any atom is -0.493 e. The molecule has 0 amide bonds. The molecule has 21 heavy (non-hydrogen) atoms. The second kappa shape index (κ2) is 6.77. The van der Waals surface area contributed by atoms with Crippen molar-refractivity contribution in [1.82, 2.24) is 0 Å². The summed E-state index contributed by atoms with van der Waals surface area (Å²) in [4.78, 5) is 0. The lowest BCUT2D eigenvalue weighted by Crippen LogP contribution is -2.04. The van der Waals surface area contributed by atoms with Gasteiger partial charge in [-0.05, 0) is 34.1 Å². The molecule has 2 rings (SSSR count). The van der Waals surface area contributed by atoms with Crippen LogP contribution in [-0.4, -0.2) is 19.3 Å². The third-order valence-corrected chi connectivity index (χ3v) is 4.60. The van der Waals surface area contributed by atoms with Crippen molar-refractivity contribution in [1.29, 1.82) is 0 Å². The Bertz CT molecular complexity index is 662. The number of benzene rings is 2. The van der Waals surface area contributed by atoms with Crippen LogP contribution in [0.4, 0.5) is 4.39 Å². The van der Waals surface area contributed by atoms with Crippen LogP contribution >= 0.6 is 31.9 Å². The maximum Gasteiger partial charge on any atom is 0.161 e. The zero-order valence-electron chi connectivity index (χ0n) is 11.4. The predicted octanol–water partition coefficient (Wildman–Crippen LogP) is 4.45. The Morgan fingerprint density at radius 3 is 2.29 bits per heavy atom. The van der Waals surface area contributed by atoms with E-state index in [2.05, 4.69) is 31.9 Å². The number of aliphatic hydroxyl groups is 1. The van der Waals surface area contributed by atoms with E-state index >= 15 is 0 Å². The van der Waals surface area contributed by atoms with E-state index in [-0.39, 0.29) is 4.47 Å². The lowest BCUT2D eigenvalue weighted by Gasteiger charge is -2.18. The van der Waals surface area contributed by atoms with E-state index in [4.69, 9.17) is 9.47 Å². The van der Waals surface area contributed by atoms with Crippen molar-refractivity contribution in [2.75, 3.05) is 14.2 Å². The summed E-state index contributed by atoms with van der Waals surface area (Å²) in [6, 6.07) is 7.88. The zero-order chi connectivity index (χ0) is 15.6. The van der Waals surface area contributed by atoms with E-state index in [1.54, 1.807) is 24.3 Å². The van der Waals surface area contributed by atoms with Gasteiger partial charge in [0.2, 0.25) is 0 Å². The van der Waals surface area contributed by atoms with Crippen LogP contribution in [0, 0.1) is 5.82 Å². The van der Waals surface area contributed by atoms with Crippen LogP contribution in [0.5, 0.6) is 11.5 Å². The Hall–Kier alpha value is -1.11. The molecule has 0 fully saturated rings. The first-order valence-corrected chi connectivity index (χ1v) is 7.61. The Morgan fingerprint density at radius 1 is 1.05 bits per heavy atom. The SMILES string of the molecule is COc1cc(Br)c(C(O)c2cccc(F)c2Br)cc1OC. The molecule has 0 spiro atoms.